The molecular formula is C34H40N10O3. The van der Waals surface area contributed by atoms with Crippen molar-refractivity contribution in [1.82, 2.24) is 38.7 Å². The molecule has 4 heterocycles. The predicted octanol–water partition coefficient (Wildman–Crippen LogP) is 5.22. The van der Waals surface area contributed by atoms with E-state index >= 15 is 0 Å². The van der Waals surface area contributed by atoms with E-state index in [-0.39, 0.29) is 18.4 Å². The lowest BCUT2D eigenvalue weighted by molar-refractivity contribution is 0.100. The molecule has 0 fully saturated rings. The Morgan fingerprint density at radius 3 is 1.89 bits per heavy atom. The maximum absolute atomic E-state index is 13.4. The van der Waals surface area contributed by atoms with Crippen molar-refractivity contribution in [1.29, 1.82) is 0 Å². The molecule has 0 aliphatic carbocycles. The summed E-state index contributed by atoms with van der Waals surface area (Å²) in [4.78, 5) is 36.3. The lowest BCUT2D eigenvalue weighted by Gasteiger charge is -2.13. The number of nitrogens with one attached hydrogen (secondary N) is 2. The molecule has 0 unspecified atom stereocenters. The summed E-state index contributed by atoms with van der Waals surface area (Å²) in [5, 5.41) is 24.8. The fraction of sp³-hybridized carbons (Fsp3) is 0.353. The van der Waals surface area contributed by atoms with E-state index in [1.54, 1.807) is 21.5 Å². The molecule has 6 aromatic rings. The molecule has 0 atom stereocenters. The highest BCUT2D eigenvalue weighted by Crippen LogP contribution is 2.26. The first kappa shape index (κ1) is 31.7. The van der Waals surface area contributed by atoms with Crippen LogP contribution in [0, 0.1) is 20.8 Å². The summed E-state index contributed by atoms with van der Waals surface area (Å²) < 4.78 is 7.38. The number of imidazole rings is 2. The van der Waals surface area contributed by atoms with E-state index in [0.29, 0.717) is 60.5 Å². The third-order valence-electron chi connectivity index (χ3n) is 8.27. The summed E-state index contributed by atoms with van der Waals surface area (Å²) in [6.45, 7) is 11.8. The van der Waals surface area contributed by atoms with Gasteiger partial charge in [-0.25, -0.2) is 9.97 Å². The van der Waals surface area contributed by atoms with Crippen molar-refractivity contribution < 1.29 is 14.7 Å². The second kappa shape index (κ2) is 13.2. The van der Waals surface area contributed by atoms with Gasteiger partial charge in [0.05, 0.1) is 40.1 Å². The van der Waals surface area contributed by atoms with Gasteiger partial charge in [0.2, 0.25) is 11.9 Å². The number of para-hydroxylation sites is 1. The van der Waals surface area contributed by atoms with Crippen LogP contribution in [0.4, 0.5) is 11.9 Å². The van der Waals surface area contributed by atoms with Crippen LogP contribution >= 0.6 is 0 Å². The number of aromatic nitrogens is 8. The van der Waals surface area contributed by atoms with Gasteiger partial charge in [-0.05, 0) is 83.4 Å². The van der Waals surface area contributed by atoms with E-state index in [2.05, 4.69) is 20.8 Å². The van der Waals surface area contributed by atoms with Crippen molar-refractivity contribution in [3.63, 3.8) is 0 Å². The van der Waals surface area contributed by atoms with E-state index in [1.807, 2.05) is 80.2 Å². The third kappa shape index (κ3) is 6.26. The Morgan fingerprint density at radius 2 is 1.32 bits per heavy atom. The Morgan fingerprint density at radius 1 is 0.745 bits per heavy atom. The van der Waals surface area contributed by atoms with Gasteiger partial charge in [0.25, 0.3) is 11.8 Å². The first-order valence-corrected chi connectivity index (χ1v) is 16.0. The minimum atomic E-state index is -0.297. The zero-order chi connectivity index (χ0) is 33.2. The van der Waals surface area contributed by atoms with E-state index in [9.17, 15) is 14.7 Å². The summed E-state index contributed by atoms with van der Waals surface area (Å²) in [7, 11) is 0. The Balaban J connectivity index is 1.24. The lowest BCUT2D eigenvalue weighted by Crippen LogP contribution is -2.20. The van der Waals surface area contributed by atoms with Gasteiger partial charge in [0.1, 0.15) is 11.4 Å². The SMILES string of the molecule is CCn1nc(C)cc1C(=O)Nc1nc2cc(C)ccc2n1CCCCn1c(NC(=O)c2cc(C)nn2CC)nc2c(CO)cccc21. The second-order valence-electron chi connectivity index (χ2n) is 11.7. The van der Waals surface area contributed by atoms with E-state index in [0.717, 1.165) is 46.3 Å². The molecule has 0 saturated heterocycles. The summed E-state index contributed by atoms with van der Waals surface area (Å²) in [6, 6.07) is 15.3. The van der Waals surface area contributed by atoms with Crippen molar-refractivity contribution in [2.45, 2.75) is 80.2 Å². The fourth-order valence-electron chi connectivity index (χ4n) is 6.03. The number of fused-ring (bicyclic) bond motifs is 2. The van der Waals surface area contributed by atoms with Crippen LogP contribution in [-0.2, 0) is 32.8 Å². The number of benzene rings is 2. The van der Waals surface area contributed by atoms with Crippen molar-refractivity contribution >= 4 is 45.8 Å². The van der Waals surface area contributed by atoms with Crippen LogP contribution in [0.15, 0.2) is 48.5 Å². The number of anilines is 2. The number of amides is 2. The second-order valence-corrected chi connectivity index (χ2v) is 11.7. The minimum absolute atomic E-state index is 0.163. The molecule has 2 amide bonds. The fourth-order valence-corrected chi connectivity index (χ4v) is 6.03. The number of carbonyl (C=O) groups is 2. The molecule has 13 nitrogen and oxygen atoms in total. The van der Waals surface area contributed by atoms with E-state index in [4.69, 9.17) is 9.97 Å². The largest absolute Gasteiger partial charge is 0.392 e. The quantitative estimate of drug-likeness (QED) is 0.156. The Labute approximate surface area is 272 Å². The summed E-state index contributed by atoms with van der Waals surface area (Å²) in [5.41, 5.74) is 7.47. The molecule has 0 aliphatic heterocycles. The molecule has 3 N–H and O–H groups in total. The molecule has 6 rings (SSSR count). The van der Waals surface area contributed by atoms with Crippen LogP contribution in [0.25, 0.3) is 22.1 Å². The van der Waals surface area contributed by atoms with Crippen molar-refractivity contribution in [3.05, 3.63) is 82.4 Å². The highest BCUT2D eigenvalue weighted by molar-refractivity contribution is 6.04. The number of aliphatic hydroxyl groups is 1. The molecule has 0 spiro atoms. The van der Waals surface area contributed by atoms with Crippen molar-refractivity contribution in [3.8, 4) is 0 Å². The van der Waals surface area contributed by atoms with Gasteiger partial charge in [-0.1, -0.05) is 18.2 Å². The smallest absolute Gasteiger partial charge is 0.276 e. The number of rotatable bonds is 12. The predicted molar refractivity (Wildman–Crippen MR) is 181 cm³/mol. The molecule has 0 bridgehead atoms. The van der Waals surface area contributed by atoms with Gasteiger partial charge < -0.3 is 14.2 Å². The topological polar surface area (TPSA) is 150 Å². The van der Waals surface area contributed by atoms with E-state index < -0.39 is 0 Å². The van der Waals surface area contributed by atoms with Crippen LogP contribution in [0.5, 0.6) is 0 Å². The maximum Gasteiger partial charge on any atom is 0.276 e. The third-order valence-corrected chi connectivity index (χ3v) is 8.27. The Hall–Kier alpha value is -5.30. The highest BCUT2D eigenvalue weighted by Gasteiger charge is 2.21. The van der Waals surface area contributed by atoms with Crippen molar-refractivity contribution in [2.24, 2.45) is 0 Å². The summed E-state index contributed by atoms with van der Waals surface area (Å²) in [5.74, 6) is 0.334. The van der Waals surface area contributed by atoms with Gasteiger partial charge in [0.15, 0.2) is 0 Å². The zero-order valence-electron chi connectivity index (χ0n) is 27.4. The van der Waals surface area contributed by atoms with Crippen LogP contribution in [0.1, 0.15) is 70.2 Å². The van der Waals surface area contributed by atoms with Crippen LogP contribution in [0.3, 0.4) is 0 Å². The number of hydrogen-bond donors (Lipinski definition) is 3. The number of aliphatic hydroxyl groups excluding tert-OH is 1. The van der Waals surface area contributed by atoms with Crippen LogP contribution in [0.2, 0.25) is 0 Å². The van der Waals surface area contributed by atoms with Gasteiger partial charge in [-0.2, -0.15) is 10.2 Å². The van der Waals surface area contributed by atoms with Crippen molar-refractivity contribution in [2.75, 3.05) is 10.6 Å². The Kier molecular flexibility index (Phi) is 8.90. The summed E-state index contributed by atoms with van der Waals surface area (Å²) in [6.07, 6.45) is 1.49. The minimum Gasteiger partial charge on any atom is -0.392 e. The van der Waals surface area contributed by atoms with Crippen LogP contribution < -0.4 is 10.6 Å². The molecule has 4 aromatic heterocycles. The lowest BCUT2D eigenvalue weighted by atomic mass is 10.2. The molecule has 244 valence electrons. The van der Waals surface area contributed by atoms with Gasteiger partial charge in [0, 0.05) is 31.7 Å². The highest BCUT2D eigenvalue weighted by atomic mass is 16.3. The summed E-state index contributed by atoms with van der Waals surface area (Å²) >= 11 is 0. The molecular weight excluding hydrogens is 596 g/mol. The molecule has 13 heteroatoms. The number of unbranched alkanes of at least 4 members (excludes halogenated alkanes) is 1. The molecule has 0 radical (unpaired) electrons. The zero-order valence-corrected chi connectivity index (χ0v) is 27.4. The molecule has 0 aliphatic rings. The van der Waals surface area contributed by atoms with Gasteiger partial charge >= 0.3 is 0 Å². The Bertz CT molecular complexity index is 2100. The number of carbonyl (C=O) groups excluding carboxylic acids is 2. The molecule has 47 heavy (non-hydrogen) atoms. The first-order valence-electron chi connectivity index (χ1n) is 16.0. The monoisotopic (exact) mass is 636 g/mol. The average Bonchev–Trinajstić information content (AvgIpc) is 3.81. The van der Waals surface area contributed by atoms with Crippen LogP contribution in [-0.4, -0.2) is 55.6 Å². The number of aryl methyl sites for hydroxylation is 7. The average molecular weight is 637 g/mol. The standard InChI is InChI=1S/C34H40N10O3/c1-6-43-28(18-22(4)39-43)31(46)37-33-35-25-17-21(3)13-14-26(25)41(33)15-8-9-16-42-27-12-10-11-24(20-45)30(27)36-34(42)38-32(47)29-19-23(5)40-44(29)7-2/h10-14,17-19,45H,6-9,15-16,20H2,1-5H3,(H,35,37,46)(H,36,38,47). The normalized spacial score (nSPS) is 11.5. The first-order chi connectivity index (χ1) is 22.7. The van der Waals surface area contributed by atoms with Gasteiger partial charge in [-0.15, -0.1) is 0 Å². The van der Waals surface area contributed by atoms with Gasteiger partial charge in [-0.3, -0.25) is 29.6 Å². The number of nitrogens with zero attached hydrogens (tertiary/aromatic N) is 8. The maximum atomic E-state index is 13.4. The number of hydrogen-bond acceptors (Lipinski definition) is 7. The molecule has 0 saturated carbocycles. The van der Waals surface area contributed by atoms with E-state index in [1.165, 1.54) is 0 Å². The molecule has 2 aromatic carbocycles.